The van der Waals surface area contributed by atoms with Crippen LogP contribution in [-0.2, 0) is 4.84 Å². The van der Waals surface area contributed by atoms with Crippen molar-refractivity contribution in [1.29, 1.82) is 0 Å². The summed E-state index contributed by atoms with van der Waals surface area (Å²) in [4.78, 5) is 21.7. The fourth-order valence-electron chi connectivity index (χ4n) is 2.63. The molecule has 0 aliphatic carbocycles. The van der Waals surface area contributed by atoms with Crippen LogP contribution in [0.25, 0.3) is 22.7 Å². The molecular weight excluding hydrogens is 352 g/mol. The van der Waals surface area contributed by atoms with Crippen LogP contribution in [0.2, 0.25) is 0 Å². The van der Waals surface area contributed by atoms with E-state index in [0.29, 0.717) is 22.0 Å². The number of aromatic nitrogens is 5. The maximum absolute atomic E-state index is 12.0. The number of hydrogen-bond acceptors (Lipinski definition) is 8. The molecule has 4 rings (SSSR count). The lowest BCUT2D eigenvalue weighted by Crippen LogP contribution is -2.23. The smallest absolute Gasteiger partial charge is 0.337 e. The molecule has 1 N–H and O–H groups in total. The highest BCUT2D eigenvalue weighted by atomic mass is 32.1. The highest BCUT2D eigenvalue weighted by Gasteiger charge is 2.16. The van der Waals surface area contributed by atoms with E-state index in [0.717, 1.165) is 16.5 Å². The topological polar surface area (TPSA) is 94.3 Å². The first-order valence-corrected chi connectivity index (χ1v) is 8.67. The van der Waals surface area contributed by atoms with Crippen LogP contribution < -0.4 is 10.7 Å². The Morgan fingerprint density at radius 1 is 1.23 bits per heavy atom. The van der Waals surface area contributed by atoms with Gasteiger partial charge in [0.25, 0.3) is 0 Å². The normalized spacial score (nSPS) is 12.2. The molecule has 4 aromatic heterocycles. The predicted molar refractivity (Wildman–Crippen MR) is 95.9 cm³/mol. The van der Waals surface area contributed by atoms with Crippen molar-refractivity contribution >= 4 is 28.7 Å². The van der Waals surface area contributed by atoms with Crippen LogP contribution >= 0.6 is 11.3 Å². The molecule has 0 aliphatic rings. The molecule has 0 spiro atoms. The lowest BCUT2D eigenvalue weighted by Gasteiger charge is -2.05. The van der Waals surface area contributed by atoms with Gasteiger partial charge in [-0.1, -0.05) is 6.07 Å². The Bertz CT molecular complexity index is 1120. The Morgan fingerprint density at radius 2 is 2.04 bits per heavy atom. The largest absolute Gasteiger partial charge is 0.372 e. The van der Waals surface area contributed by atoms with Crippen molar-refractivity contribution in [2.24, 2.45) is 0 Å². The van der Waals surface area contributed by atoms with Gasteiger partial charge in [-0.25, -0.2) is 10.3 Å². The Labute approximate surface area is 152 Å². The van der Waals surface area contributed by atoms with E-state index in [9.17, 15) is 4.79 Å². The van der Waals surface area contributed by atoms with Gasteiger partial charge in [-0.2, -0.15) is 9.61 Å². The van der Waals surface area contributed by atoms with Gasteiger partial charge in [-0.15, -0.1) is 21.5 Å². The average Bonchev–Trinajstić information content (AvgIpc) is 3.36. The fourth-order valence-corrected chi connectivity index (χ4v) is 3.23. The number of pyridine rings is 1. The van der Waals surface area contributed by atoms with E-state index in [1.165, 1.54) is 11.3 Å². The highest BCUT2D eigenvalue weighted by Crippen LogP contribution is 2.15. The van der Waals surface area contributed by atoms with E-state index in [4.69, 9.17) is 4.84 Å². The summed E-state index contributed by atoms with van der Waals surface area (Å²) in [6, 6.07) is 7.19. The van der Waals surface area contributed by atoms with Crippen LogP contribution in [-0.4, -0.2) is 30.8 Å². The van der Waals surface area contributed by atoms with Crippen molar-refractivity contribution in [3.63, 3.8) is 0 Å². The second kappa shape index (κ2) is 6.52. The van der Waals surface area contributed by atoms with Crippen LogP contribution in [0.5, 0.6) is 0 Å². The van der Waals surface area contributed by atoms with Gasteiger partial charge in [0.1, 0.15) is 4.88 Å². The van der Waals surface area contributed by atoms with Crippen molar-refractivity contribution in [3.05, 3.63) is 57.8 Å². The van der Waals surface area contributed by atoms with E-state index < -0.39 is 5.97 Å². The van der Waals surface area contributed by atoms with Gasteiger partial charge < -0.3 is 4.84 Å². The maximum Gasteiger partial charge on any atom is 0.372 e. The van der Waals surface area contributed by atoms with E-state index >= 15 is 0 Å². The number of nitrogens with one attached hydrogen (secondary N) is 1. The van der Waals surface area contributed by atoms with Crippen LogP contribution in [0.3, 0.4) is 0 Å². The second-order valence-corrected chi connectivity index (χ2v) is 6.50. The third-order valence-electron chi connectivity index (χ3n) is 3.81. The van der Waals surface area contributed by atoms with Crippen molar-refractivity contribution in [1.82, 2.24) is 30.3 Å². The zero-order chi connectivity index (χ0) is 18.1. The number of carbonyl (C=O) groups excluding carboxylic acids is 1. The van der Waals surface area contributed by atoms with E-state index in [1.54, 1.807) is 36.0 Å². The van der Waals surface area contributed by atoms with Crippen molar-refractivity contribution < 1.29 is 9.63 Å². The third kappa shape index (κ3) is 2.78. The number of aryl methyl sites for hydroxylation is 1. The number of carbonyl (C=O) groups is 1. The lowest BCUT2D eigenvalue weighted by molar-refractivity contribution is 0.0370. The fraction of sp³-hybridized carbons (Fsp3) is 0.118. The molecule has 0 unspecified atom stereocenters. The Hall–Kier alpha value is -3.33. The number of hydroxylamine groups is 1. The molecule has 0 atom stereocenters. The van der Waals surface area contributed by atoms with Crippen molar-refractivity contribution in [3.8, 4) is 11.4 Å². The summed E-state index contributed by atoms with van der Waals surface area (Å²) in [5, 5.41) is 15.6. The van der Waals surface area contributed by atoms with Crippen LogP contribution in [0.4, 0.5) is 0 Å². The minimum absolute atomic E-state index is 0.438. The zero-order valence-electron chi connectivity index (χ0n) is 14.0. The number of hydrogen-bond donors (Lipinski definition) is 1. The van der Waals surface area contributed by atoms with Gasteiger partial charge in [0, 0.05) is 18.0 Å². The molecule has 0 aromatic carbocycles. The molecule has 130 valence electrons. The molecule has 26 heavy (non-hydrogen) atoms. The Morgan fingerprint density at radius 3 is 2.77 bits per heavy atom. The van der Waals surface area contributed by atoms with Crippen molar-refractivity contribution in [2.75, 3.05) is 0 Å². The summed E-state index contributed by atoms with van der Waals surface area (Å²) >= 11 is 1.32. The summed E-state index contributed by atoms with van der Waals surface area (Å²) in [7, 11) is 0. The highest BCUT2D eigenvalue weighted by molar-refractivity contribution is 7.11. The summed E-state index contributed by atoms with van der Waals surface area (Å²) in [6.07, 6.45) is 3.38. The molecule has 0 amide bonds. The Kier molecular flexibility index (Phi) is 4.05. The summed E-state index contributed by atoms with van der Waals surface area (Å²) in [5.41, 5.74) is 5.53. The first-order valence-electron chi connectivity index (χ1n) is 7.79. The molecule has 0 saturated heterocycles. The molecule has 0 aliphatic heterocycles. The van der Waals surface area contributed by atoms with E-state index in [1.807, 2.05) is 24.4 Å². The number of thiophene rings is 1. The Balaban J connectivity index is 1.69. The molecule has 8 nitrogen and oxygen atoms in total. The summed E-state index contributed by atoms with van der Waals surface area (Å²) < 4.78 is 1.67. The second-order valence-electron chi connectivity index (χ2n) is 5.55. The van der Waals surface area contributed by atoms with Crippen LogP contribution in [0.1, 0.15) is 22.3 Å². The van der Waals surface area contributed by atoms with Gasteiger partial charge in [0.15, 0.2) is 11.5 Å². The molecule has 0 fully saturated rings. The molecule has 0 radical (unpaired) electrons. The van der Waals surface area contributed by atoms with E-state index in [-0.39, 0.29) is 0 Å². The van der Waals surface area contributed by atoms with Gasteiger partial charge in [-0.3, -0.25) is 4.98 Å². The van der Waals surface area contributed by atoms with Crippen LogP contribution in [0, 0.1) is 6.92 Å². The first-order chi connectivity index (χ1) is 12.6. The minimum atomic E-state index is -0.438. The van der Waals surface area contributed by atoms with Gasteiger partial charge in [0.05, 0.1) is 16.6 Å². The summed E-state index contributed by atoms with van der Waals surface area (Å²) in [6.45, 7) is 3.67. The van der Waals surface area contributed by atoms with Gasteiger partial charge >= 0.3 is 5.97 Å². The average molecular weight is 366 g/mol. The molecule has 0 saturated carbocycles. The molecule has 9 heteroatoms. The number of rotatable bonds is 4. The van der Waals surface area contributed by atoms with Gasteiger partial charge in [0.2, 0.25) is 0 Å². The monoisotopic (exact) mass is 366 g/mol. The SMILES string of the molecule is C/C(NOC(=O)c1cccs1)=c1\c(C)nn2c(-c3ccncc3)nnc12. The maximum atomic E-state index is 12.0. The molecular formula is C17H14N6O2S. The van der Waals surface area contributed by atoms with Crippen LogP contribution in [0.15, 0.2) is 42.0 Å². The molecule has 4 heterocycles. The number of fused-ring (bicyclic) bond motifs is 1. The number of nitrogens with zero attached hydrogens (tertiary/aromatic N) is 5. The third-order valence-corrected chi connectivity index (χ3v) is 4.66. The standard InChI is InChI=1S/C17H14N6O2S/c1-10-14(11(2)22-25-17(24)13-4-3-9-26-13)16-20-19-15(23(16)21-10)12-5-7-18-8-6-12/h3-9,22H,1-2H3/b14-11-. The van der Waals surface area contributed by atoms with Gasteiger partial charge in [-0.05, 0) is 37.4 Å². The molecule has 0 bridgehead atoms. The zero-order valence-corrected chi connectivity index (χ0v) is 14.8. The minimum Gasteiger partial charge on any atom is -0.337 e. The van der Waals surface area contributed by atoms with E-state index in [2.05, 4.69) is 25.8 Å². The predicted octanol–water partition coefficient (Wildman–Crippen LogP) is 1.76. The first kappa shape index (κ1) is 16.2. The summed E-state index contributed by atoms with van der Waals surface area (Å²) in [5.74, 6) is 0.187. The van der Waals surface area contributed by atoms with Crippen molar-refractivity contribution in [2.45, 2.75) is 13.8 Å². The quantitative estimate of drug-likeness (QED) is 0.550. The molecule has 4 aromatic rings. The lowest BCUT2D eigenvalue weighted by atomic mass is 10.2.